The molecule has 0 aliphatic carbocycles. The van der Waals surface area contributed by atoms with Crippen LogP contribution in [0.5, 0.6) is 0 Å². The first-order valence-corrected chi connectivity index (χ1v) is 9.65. The lowest BCUT2D eigenvalue weighted by molar-refractivity contribution is -0.385. The maximum Gasteiger partial charge on any atom is 0.300 e. The topological polar surface area (TPSA) is 144 Å². The van der Waals surface area contributed by atoms with Crippen LogP contribution in [0.2, 0.25) is 0 Å². The number of benzene rings is 3. The van der Waals surface area contributed by atoms with Crippen molar-refractivity contribution in [1.29, 1.82) is 0 Å². The molecule has 164 valence electrons. The molecule has 0 spiro atoms. The molecule has 1 aliphatic heterocycles. The largest absolute Gasteiger partial charge is 0.507 e. The van der Waals surface area contributed by atoms with Crippen molar-refractivity contribution in [3.05, 3.63) is 116 Å². The fourth-order valence-electron chi connectivity index (χ4n) is 3.70. The van der Waals surface area contributed by atoms with E-state index in [-0.39, 0.29) is 22.6 Å². The number of Topliss-reactive ketones (excluding diaryl/α,β-unsaturated/α-hetero) is 1. The Morgan fingerprint density at radius 3 is 2.06 bits per heavy atom. The van der Waals surface area contributed by atoms with Gasteiger partial charge >= 0.3 is 0 Å². The van der Waals surface area contributed by atoms with E-state index in [4.69, 9.17) is 0 Å². The van der Waals surface area contributed by atoms with Crippen molar-refractivity contribution in [2.75, 3.05) is 4.90 Å². The summed E-state index contributed by atoms with van der Waals surface area (Å²) >= 11 is 0. The summed E-state index contributed by atoms with van der Waals surface area (Å²) in [4.78, 5) is 48.2. The predicted molar refractivity (Wildman–Crippen MR) is 117 cm³/mol. The summed E-state index contributed by atoms with van der Waals surface area (Å²) in [5.74, 6) is -2.40. The van der Waals surface area contributed by atoms with Crippen LogP contribution in [0.4, 0.5) is 17.1 Å². The highest BCUT2D eigenvalue weighted by Crippen LogP contribution is 2.43. The molecule has 0 aromatic heterocycles. The van der Waals surface area contributed by atoms with Crippen molar-refractivity contribution in [2.45, 2.75) is 6.04 Å². The second-order valence-electron chi connectivity index (χ2n) is 7.16. The molecule has 10 nitrogen and oxygen atoms in total. The van der Waals surface area contributed by atoms with E-state index in [0.717, 1.165) is 11.0 Å². The van der Waals surface area contributed by atoms with Gasteiger partial charge in [0.1, 0.15) is 5.76 Å². The monoisotopic (exact) mass is 445 g/mol. The van der Waals surface area contributed by atoms with Crippen LogP contribution >= 0.6 is 0 Å². The van der Waals surface area contributed by atoms with Gasteiger partial charge in [-0.25, -0.2) is 0 Å². The standard InChI is InChI=1S/C23H15N3O7/c27-21(15-5-2-1-3-6-15)19-20(14-9-11-16(12-10-14)25(30)31)24(23(29)22(19)28)17-7-4-8-18(13-17)26(32)33/h1-13,20,27H/t20-/m0/s1. The van der Waals surface area contributed by atoms with E-state index in [2.05, 4.69) is 0 Å². The van der Waals surface area contributed by atoms with Crippen LogP contribution < -0.4 is 4.90 Å². The number of aliphatic hydroxyl groups excluding tert-OH is 1. The Bertz CT molecular complexity index is 1320. The third-order valence-electron chi connectivity index (χ3n) is 5.23. The number of ketones is 1. The molecule has 1 N–H and O–H groups in total. The van der Waals surface area contributed by atoms with E-state index < -0.39 is 33.3 Å². The number of carbonyl (C=O) groups excluding carboxylic acids is 2. The number of anilines is 1. The van der Waals surface area contributed by atoms with Crippen LogP contribution in [0.15, 0.2) is 84.4 Å². The highest BCUT2D eigenvalue weighted by molar-refractivity contribution is 6.51. The van der Waals surface area contributed by atoms with Crippen molar-refractivity contribution in [3.8, 4) is 0 Å². The van der Waals surface area contributed by atoms with Gasteiger partial charge in [-0.05, 0) is 23.8 Å². The summed E-state index contributed by atoms with van der Waals surface area (Å²) in [7, 11) is 0. The van der Waals surface area contributed by atoms with Crippen molar-refractivity contribution in [3.63, 3.8) is 0 Å². The smallest absolute Gasteiger partial charge is 0.300 e. The number of carbonyl (C=O) groups is 2. The summed E-state index contributed by atoms with van der Waals surface area (Å²) in [6.45, 7) is 0. The Kier molecular flexibility index (Phi) is 5.41. The van der Waals surface area contributed by atoms with Crippen LogP contribution in [0.1, 0.15) is 17.2 Å². The summed E-state index contributed by atoms with van der Waals surface area (Å²) < 4.78 is 0. The molecule has 1 aliphatic rings. The van der Waals surface area contributed by atoms with Crippen molar-refractivity contribution in [1.82, 2.24) is 0 Å². The zero-order valence-electron chi connectivity index (χ0n) is 16.8. The first-order chi connectivity index (χ1) is 15.8. The SMILES string of the molecule is O=C1C(=O)N(c2cccc([N+](=O)[O-])c2)[C@@H](c2ccc([N+](=O)[O-])cc2)C1=C(O)c1ccccc1. The van der Waals surface area contributed by atoms with Crippen molar-refractivity contribution >= 4 is 34.5 Å². The predicted octanol–water partition coefficient (Wildman–Crippen LogP) is 4.13. The minimum atomic E-state index is -1.16. The average molecular weight is 445 g/mol. The number of aliphatic hydroxyl groups is 1. The van der Waals surface area contributed by atoms with Gasteiger partial charge in [-0.3, -0.25) is 34.7 Å². The zero-order valence-corrected chi connectivity index (χ0v) is 16.8. The highest BCUT2D eigenvalue weighted by Gasteiger charge is 2.47. The molecule has 0 saturated carbocycles. The Morgan fingerprint density at radius 2 is 1.45 bits per heavy atom. The second-order valence-corrected chi connectivity index (χ2v) is 7.16. The Balaban J connectivity index is 1.94. The molecule has 3 aromatic carbocycles. The molecule has 33 heavy (non-hydrogen) atoms. The number of nitro groups is 2. The average Bonchev–Trinajstić information content (AvgIpc) is 3.09. The number of amides is 1. The third kappa shape index (κ3) is 3.81. The lowest BCUT2D eigenvalue weighted by atomic mass is 9.95. The highest BCUT2D eigenvalue weighted by atomic mass is 16.6. The van der Waals surface area contributed by atoms with Crippen LogP contribution in [0.25, 0.3) is 5.76 Å². The lowest BCUT2D eigenvalue weighted by Crippen LogP contribution is -2.29. The molecule has 1 heterocycles. The number of rotatable bonds is 5. The van der Waals surface area contributed by atoms with E-state index in [1.165, 1.54) is 42.5 Å². The van der Waals surface area contributed by atoms with Gasteiger partial charge in [0.05, 0.1) is 27.1 Å². The maximum absolute atomic E-state index is 13.0. The quantitative estimate of drug-likeness (QED) is 0.204. The molecule has 1 saturated heterocycles. The molecule has 10 heteroatoms. The molecule has 0 unspecified atom stereocenters. The van der Waals surface area contributed by atoms with Crippen molar-refractivity contribution < 1.29 is 24.5 Å². The Labute approximate surface area is 186 Å². The number of non-ortho nitro benzene ring substituents is 2. The van der Waals surface area contributed by atoms with Crippen LogP contribution in [-0.4, -0.2) is 26.6 Å². The van der Waals surface area contributed by atoms with Crippen molar-refractivity contribution in [2.24, 2.45) is 0 Å². The van der Waals surface area contributed by atoms with E-state index in [9.17, 15) is 34.9 Å². The van der Waals surface area contributed by atoms with Gasteiger partial charge in [0, 0.05) is 29.8 Å². The van der Waals surface area contributed by atoms with Gasteiger partial charge in [0.15, 0.2) is 0 Å². The number of nitro benzene ring substituents is 2. The minimum Gasteiger partial charge on any atom is -0.507 e. The van der Waals surface area contributed by atoms with Crippen LogP contribution in [0.3, 0.4) is 0 Å². The molecule has 3 aromatic rings. The number of hydrogen-bond donors (Lipinski definition) is 1. The zero-order chi connectivity index (χ0) is 23.7. The normalized spacial score (nSPS) is 17.2. The molecule has 1 atom stereocenters. The fraction of sp³-hybridized carbons (Fsp3) is 0.0435. The molecule has 1 amide bonds. The van der Waals surface area contributed by atoms with Crippen LogP contribution in [-0.2, 0) is 9.59 Å². The first kappa shape index (κ1) is 21.4. The molecular formula is C23H15N3O7. The number of hydrogen-bond acceptors (Lipinski definition) is 7. The number of nitrogens with zero attached hydrogens (tertiary/aromatic N) is 3. The second kappa shape index (κ2) is 8.35. The minimum absolute atomic E-state index is 0.0711. The molecule has 1 fully saturated rings. The Hall–Kier alpha value is -4.86. The summed E-state index contributed by atoms with van der Waals surface area (Å²) in [6.07, 6.45) is 0. The van der Waals surface area contributed by atoms with E-state index in [1.54, 1.807) is 30.3 Å². The van der Waals surface area contributed by atoms with E-state index in [0.29, 0.717) is 11.1 Å². The fourth-order valence-corrected chi connectivity index (χ4v) is 3.70. The van der Waals surface area contributed by atoms with Crippen LogP contribution in [0, 0.1) is 20.2 Å². The van der Waals surface area contributed by atoms with E-state index in [1.807, 2.05) is 0 Å². The van der Waals surface area contributed by atoms with Gasteiger partial charge < -0.3 is 5.11 Å². The van der Waals surface area contributed by atoms with Gasteiger partial charge in [0.2, 0.25) is 0 Å². The van der Waals surface area contributed by atoms with Gasteiger partial charge in [-0.2, -0.15) is 0 Å². The third-order valence-corrected chi connectivity index (χ3v) is 5.23. The molecule has 0 radical (unpaired) electrons. The molecule has 4 rings (SSSR count). The summed E-state index contributed by atoms with van der Waals surface area (Å²) in [6, 6.07) is 17.3. The first-order valence-electron chi connectivity index (χ1n) is 9.65. The lowest BCUT2D eigenvalue weighted by Gasteiger charge is -2.25. The van der Waals surface area contributed by atoms with E-state index >= 15 is 0 Å². The summed E-state index contributed by atoms with van der Waals surface area (Å²) in [5, 5.41) is 33.3. The molecule has 0 bridgehead atoms. The molecular weight excluding hydrogens is 430 g/mol. The Morgan fingerprint density at radius 1 is 0.818 bits per heavy atom. The maximum atomic E-state index is 13.0. The van der Waals surface area contributed by atoms with Gasteiger partial charge in [-0.1, -0.05) is 36.4 Å². The summed E-state index contributed by atoms with van der Waals surface area (Å²) in [5.41, 5.74) is -0.0485. The van der Waals surface area contributed by atoms with Gasteiger partial charge in [0.25, 0.3) is 23.1 Å². The van der Waals surface area contributed by atoms with Gasteiger partial charge in [-0.15, -0.1) is 0 Å².